The molecular weight excluding hydrogens is 228 g/mol. The molecule has 5 heteroatoms. The summed E-state index contributed by atoms with van der Waals surface area (Å²) < 4.78 is 9.71. The van der Waals surface area contributed by atoms with Crippen molar-refractivity contribution in [2.75, 3.05) is 7.11 Å². The maximum absolute atomic E-state index is 11.1. The first-order chi connectivity index (χ1) is 7.72. The molecule has 2 heterocycles. The molecular formula is C11H10O4S. The van der Waals surface area contributed by atoms with Crippen molar-refractivity contribution in [3.8, 4) is 0 Å². The lowest BCUT2D eigenvalue weighted by Gasteiger charge is -2.04. The van der Waals surface area contributed by atoms with Crippen LogP contribution >= 0.6 is 11.3 Å². The van der Waals surface area contributed by atoms with E-state index in [0.717, 1.165) is 5.56 Å². The van der Waals surface area contributed by atoms with E-state index in [2.05, 4.69) is 4.74 Å². The highest BCUT2D eigenvalue weighted by atomic mass is 32.1. The van der Waals surface area contributed by atoms with Gasteiger partial charge in [0.25, 0.3) is 0 Å². The van der Waals surface area contributed by atoms with Crippen molar-refractivity contribution in [1.29, 1.82) is 0 Å². The van der Waals surface area contributed by atoms with Crippen molar-refractivity contribution in [2.45, 2.75) is 6.10 Å². The lowest BCUT2D eigenvalue weighted by atomic mass is 10.1. The quantitative estimate of drug-likeness (QED) is 0.833. The molecule has 2 aromatic rings. The van der Waals surface area contributed by atoms with E-state index in [4.69, 9.17) is 4.42 Å². The summed E-state index contributed by atoms with van der Waals surface area (Å²) in [6.45, 7) is 0. The van der Waals surface area contributed by atoms with Gasteiger partial charge in [-0.2, -0.15) is 11.3 Å². The van der Waals surface area contributed by atoms with Gasteiger partial charge in [-0.05, 0) is 34.5 Å². The number of furan rings is 1. The van der Waals surface area contributed by atoms with Crippen molar-refractivity contribution < 1.29 is 19.1 Å². The molecule has 0 aliphatic heterocycles. The van der Waals surface area contributed by atoms with Gasteiger partial charge < -0.3 is 14.3 Å². The number of aliphatic hydroxyl groups is 1. The van der Waals surface area contributed by atoms with Crippen LogP contribution < -0.4 is 0 Å². The molecule has 0 saturated heterocycles. The molecule has 16 heavy (non-hydrogen) atoms. The Morgan fingerprint density at radius 1 is 1.50 bits per heavy atom. The third-order valence-corrected chi connectivity index (χ3v) is 2.84. The second kappa shape index (κ2) is 4.51. The van der Waals surface area contributed by atoms with Crippen LogP contribution in [0.5, 0.6) is 0 Å². The molecule has 84 valence electrons. The van der Waals surface area contributed by atoms with Crippen LogP contribution in [-0.4, -0.2) is 18.2 Å². The van der Waals surface area contributed by atoms with Gasteiger partial charge in [0.15, 0.2) is 0 Å². The molecule has 2 rings (SSSR count). The van der Waals surface area contributed by atoms with Crippen LogP contribution in [0.4, 0.5) is 0 Å². The van der Waals surface area contributed by atoms with Gasteiger partial charge in [0.05, 0.1) is 7.11 Å². The number of hydrogen-bond donors (Lipinski definition) is 1. The maximum Gasteiger partial charge on any atom is 0.373 e. The Labute approximate surface area is 96.1 Å². The van der Waals surface area contributed by atoms with Gasteiger partial charge >= 0.3 is 5.97 Å². The van der Waals surface area contributed by atoms with E-state index >= 15 is 0 Å². The molecule has 0 amide bonds. The Kier molecular flexibility index (Phi) is 3.07. The molecule has 0 aromatic carbocycles. The maximum atomic E-state index is 11.1. The highest BCUT2D eigenvalue weighted by molar-refractivity contribution is 7.07. The molecule has 1 unspecified atom stereocenters. The van der Waals surface area contributed by atoms with E-state index in [1.165, 1.54) is 24.5 Å². The summed E-state index contributed by atoms with van der Waals surface area (Å²) in [6, 6.07) is 4.85. The molecule has 0 aliphatic rings. The average Bonchev–Trinajstić information content (AvgIpc) is 2.97. The Bertz CT molecular complexity index is 472. The normalized spacial score (nSPS) is 12.4. The summed E-state index contributed by atoms with van der Waals surface area (Å²) in [4.78, 5) is 11.1. The van der Waals surface area contributed by atoms with Crippen LogP contribution in [0.2, 0.25) is 0 Å². The largest absolute Gasteiger partial charge is 0.463 e. The smallest absolute Gasteiger partial charge is 0.373 e. The summed E-state index contributed by atoms with van der Waals surface area (Å²) in [6.07, 6.45) is -0.843. The van der Waals surface area contributed by atoms with Crippen LogP contribution in [0.25, 0.3) is 0 Å². The minimum absolute atomic E-state index is 0.0896. The van der Waals surface area contributed by atoms with Crippen molar-refractivity contribution in [3.05, 3.63) is 46.0 Å². The molecule has 0 radical (unpaired) electrons. The van der Waals surface area contributed by atoms with E-state index < -0.39 is 12.1 Å². The molecule has 0 spiro atoms. The number of hydrogen-bond acceptors (Lipinski definition) is 5. The van der Waals surface area contributed by atoms with Gasteiger partial charge in [0, 0.05) is 0 Å². The van der Waals surface area contributed by atoms with E-state index in [1.807, 2.05) is 10.8 Å². The van der Waals surface area contributed by atoms with Crippen LogP contribution in [0.1, 0.15) is 28.0 Å². The Balaban J connectivity index is 2.22. The van der Waals surface area contributed by atoms with Gasteiger partial charge in [0.2, 0.25) is 5.76 Å². The number of carbonyl (C=O) groups is 1. The van der Waals surface area contributed by atoms with E-state index in [9.17, 15) is 9.90 Å². The number of rotatable bonds is 3. The van der Waals surface area contributed by atoms with Gasteiger partial charge in [0.1, 0.15) is 11.9 Å². The lowest BCUT2D eigenvalue weighted by molar-refractivity contribution is 0.0558. The molecule has 1 N–H and O–H groups in total. The highest BCUT2D eigenvalue weighted by Crippen LogP contribution is 2.25. The first-order valence-electron chi connectivity index (χ1n) is 4.60. The Morgan fingerprint density at radius 3 is 2.94 bits per heavy atom. The molecule has 2 aromatic heterocycles. The fourth-order valence-electron chi connectivity index (χ4n) is 1.30. The third-order valence-electron chi connectivity index (χ3n) is 2.14. The zero-order valence-corrected chi connectivity index (χ0v) is 9.36. The molecule has 0 bridgehead atoms. The average molecular weight is 238 g/mol. The zero-order chi connectivity index (χ0) is 11.5. The first-order valence-corrected chi connectivity index (χ1v) is 5.55. The second-order valence-electron chi connectivity index (χ2n) is 3.15. The van der Waals surface area contributed by atoms with Crippen LogP contribution in [0.3, 0.4) is 0 Å². The molecule has 0 fully saturated rings. The van der Waals surface area contributed by atoms with E-state index in [0.29, 0.717) is 5.76 Å². The van der Waals surface area contributed by atoms with Crippen molar-refractivity contribution in [3.63, 3.8) is 0 Å². The minimum atomic E-state index is -0.843. The van der Waals surface area contributed by atoms with E-state index in [-0.39, 0.29) is 5.76 Å². The van der Waals surface area contributed by atoms with Gasteiger partial charge in [-0.15, -0.1) is 0 Å². The fraction of sp³-hybridized carbons (Fsp3) is 0.182. The lowest BCUT2D eigenvalue weighted by Crippen LogP contribution is -1.99. The topological polar surface area (TPSA) is 59.7 Å². The van der Waals surface area contributed by atoms with Gasteiger partial charge in [-0.1, -0.05) is 0 Å². The fourth-order valence-corrected chi connectivity index (χ4v) is 1.98. The van der Waals surface area contributed by atoms with Crippen LogP contribution in [-0.2, 0) is 4.74 Å². The number of esters is 1. The number of methoxy groups -OCH3 is 1. The summed E-state index contributed by atoms with van der Waals surface area (Å²) >= 11 is 1.49. The van der Waals surface area contributed by atoms with Gasteiger partial charge in [-0.25, -0.2) is 4.79 Å². The van der Waals surface area contributed by atoms with Crippen LogP contribution in [0, 0.1) is 0 Å². The number of carbonyl (C=O) groups excluding carboxylic acids is 1. The molecule has 0 aliphatic carbocycles. The summed E-state index contributed by atoms with van der Waals surface area (Å²) in [5, 5.41) is 13.6. The molecule has 1 atom stereocenters. The number of ether oxygens (including phenoxy) is 1. The van der Waals surface area contributed by atoms with Gasteiger partial charge in [-0.3, -0.25) is 0 Å². The zero-order valence-electron chi connectivity index (χ0n) is 8.54. The molecule has 0 saturated carbocycles. The highest BCUT2D eigenvalue weighted by Gasteiger charge is 2.18. The SMILES string of the molecule is COC(=O)c1ccc(C(O)c2ccsc2)o1. The number of aliphatic hydroxyl groups excluding tert-OH is 1. The predicted octanol–water partition coefficient (Wildman–Crippen LogP) is 2.21. The van der Waals surface area contributed by atoms with Crippen LogP contribution in [0.15, 0.2) is 33.4 Å². The number of thiophene rings is 1. The Hall–Kier alpha value is -1.59. The standard InChI is InChI=1S/C11H10O4S/c1-14-11(13)9-3-2-8(15-9)10(12)7-4-5-16-6-7/h2-6,10,12H,1H3. The molecule has 4 nitrogen and oxygen atoms in total. The predicted molar refractivity (Wildman–Crippen MR) is 58.4 cm³/mol. The Morgan fingerprint density at radius 2 is 2.31 bits per heavy atom. The summed E-state index contributed by atoms with van der Waals surface area (Å²) in [5.41, 5.74) is 0.746. The summed E-state index contributed by atoms with van der Waals surface area (Å²) in [5.74, 6) is -0.130. The van der Waals surface area contributed by atoms with E-state index in [1.54, 1.807) is 12.1 Å². The van der Waals surface area contributed by atoms with Crippen molar-refractivity contribution in [1.82, 2.24) is 0 Å². The monoisotopic (exact) mass is 238 g/mol. The first kappa shape index (κ1) is 10.9. The summed E-state index contributed by atoms with van der Waals surface area (Å²) in [7, 11) is 1.28. The van der Waals surface area contributed by atoms with Crippen molar-refractivity contribution >= 4 is 17.3 Å². The minimum Gasteiger partial charge on any atom is -0.463 e. The second-order valence-corrected chi connectivity index (χ2v) is 3.93. The third kappa shape index (κ3) is 2.00. The van der Waals surface area contributed by atoms with Crippen molar-refractivity contribution in [2.24, 2.45) is 0 Å².